The summed E-state index contributed by atoms with van der Waals surface area (Å²) in [5, 5.41) is 0. The summed E-state index contributed by atoms with van der Waals surface area (Å²) in [6.45, 7) is 4.52. The van der Waals surface area contributed by atoms with E-state index < -0.39 is 0 Å². The Morgan fingerprint density at radius 2 is 1.88 bits per heavy atom. The normalized spacial score (nSPS) is 14.9. The van der Waals surface area contributed by atoms with Gasteiger partial charge in [-0.1, -0.05) is 19.1 Å². The first-order chi connectivity index (χ1) is 8.10. The molecule has 0 aliphatic carbocycles. The highest BCUT2D eigenvalue weighted by molar-refractivity contribution is 7.98. The van der Waals surface area contributed by atoms with Gasteiger partial charge in [0.2, 0.25) is 0 Å². The van der Waals surface area contributed by atoms with Crippen LogP contribution >= 0.6 is 11.8 Å². The lowest BCUT2D eigenvalue weighted by Crippen LogP contribution is -2.35. The number of nitrogens with two attached hydrogens (primary N) is 1. The third kappa shape index (κ3) is 3.93. The number of thioether (sulfide) groups is 1. The summed E-state index contributed by atoms with van der Waals surface area (Å²) in [5.41, 5.74) is 7.89. The first-order valence-electron chi connectivity index (χ1n) is 6.16. The van der Waals surface area contributed by atoms with Gasteiger partial charge in [0.05, 0.1) is 0 Å². The number of nitrogen functional groups attached to an aromatic ring is 1. The van der Waals surface area contributed by atoms with Gasteiger partial charge in [-0.2, -0.15) is 11.8 Å². The van der Waals surface area contributed by atoms with Gasteiger partial charge >= 0.3 is 0 Å². The molecule has 0 bridgehead atoms. The van der Waals surface area contributed by atoms with Crippen molar-refractivity contribution in [3.63, 3.8) is 0 Å². The van der Waals surface area contributed by atoms with Gasteiger partial charge in [-0.25, -0.2) is 0 Å². The fraction of sp³-hybridized carbons (Fsp3) is 0.571. The quantitative estimate of drug-likeness (QED) is 0.787. The topological polar surface area (TPSA) is 29.3 Å². The summed E-state index contributed by atoms with van der Waals surface area (Å²) in [4.78, 5) is 2.46. The zero-order valence-corrected chi connectivity index (χ0v) is 12.1. The Balaban J connectivity index is 2.73. The summed E-state index contributed by atoms with van der Waals surface area (Å²) < 4.78 is 0. The molecular weight excluding hydrogens is 228 g/mol. The highest BCUT2D eigenvalue weighted by Crippen LogP contribution is 2.23. The van der Waals surface area contributed by atoms with Gasteiger partial charge in [-0.3, -0.25) is 4.90 Å². The van der Waals surface area contributed by atoms with Crippen LogP contribution in [0.25, 0.3) is 0 Å². The summed E-state index contributed by atoms with van der Waals surface area (Å²) in [6, 6.07) is 9.29. The molecule has 0 fully saturated rings. The van der Waals surface area contributed by atoms with E-state index >= 15 is 0 Å². The van der Waals surface area contributed by atoms with Crippen molar-refractivity contribution in [2.24, 2.45) is 0 Å². The van der Waals surface area contributed by atoms with Crippen LogP contribution in [0.1, 0.15) is 31.9 Å². The minimum Gasteiger partial charge on any atom is -0.399 e. The van der Waals surface area contributed by atoms with E-state index in [0.29, 0.717) is 12.1 Å². The molecule has 1 aromatic carbocycles. The molecule has 96 valence electrons. The fourth-order valence-corrected chi connectivity index (χ4v) is 2.90. The fourth-order valence-electron chi connectivity index (χ4n) is 2.04. The maximum absolute atomic E-state index is 5.72. The van der Waals surface area contributed by atoms with Crippen molar-refractivity contribution >= 4 is 17.4 Å². The summed E-state index contributed by atoms with van der Waals surface area (Å²) >= 11 is 1.92. The van der Waals surface area contributed by atoms with Crippen molar-refractivity contribution < 1.29 is 0 Å². The Bertz CT molecular complexity index is 323. The maximum Gasteiger partial charge on any atom is 0.0320 e. The molecule has 0 saturated heterocycles. The van der Waals surface area contributed by atoms with E-state index in [-0.39, 0.29) is 0 Å². The standard InChI is InChI=1S/C14H24N2S/c1-5-14(10-17-4)16(3)11(2)12-6-8-13(15)9-7-12/h6-9,11,14H,5,10,15H2,1-4H3. The second kappa shape index (κ2) is 6.92. The van der Waals surface area contributed by atoms with Crippen molar-refractivity contribution in [1.82, 2.24) is 4.90 Å². The van der Waals surface area contributed by atoms with Crippen molar-refractivity contribution in [3.8, 4) is 0 Å². The summed E-state index contributed by atoms with van der Waals surface area (Å²) in [5.74, 6) is 1.19. The molecule has 0 radical (unpaired) electrons. The van der Waals surface area contributed by atoms with Crippen LogP contribution in [-0.2, 0) is 0 Å². The monoisotopic (exact) mass is 252 g/mol. The molecule has 0 aliphatic rings. The molecule has 0 spiro atoms. The molecule has 0 aromatic heterocycles. The predicted molar refractivity (Wildman–Crippen MR) is 79.5 cm³/mol. The molecule has 0 saturated carbocycles. The van der Waals surface area contributed by atoms with E-state index in [1.807, 2.05) is 23.9 Å². The molecule has 17 heavy (non-hydrogen) atoms. The Hall–Kier alpha value is -0.670. The van der Waals surface area contributed by atoms with Gasteiger partial charge < -0.3 is 5.73 Å². The molecule has 2 unspecified atom stereocenters. The van der Waals surface area contributed by atoms with Gasteiger partial charge in [0.1, 0.15) is 0 Å². The van der Waals surface area contributed by atoms with Crippen LogP contribution in [0.3, 0.4) is 0 Å². The molecular formula is C14H24N2S. The number of hydrogen-bond donors (Lipinski definition) is 1. The zero-order chi connectivity index (χ0) is 12.8. The lowest BCUT2D eigenvalue weighted by atomic mass is 10.0. The molecule has 1 rings (SSSR count). The van der Waals surface area contributed by atoms with Crippen molar-refractivity contribution in [1.29, 1.82) is 0 Å². The van der Waals surface area contributed by atoms with E-state index in [0.717, 1.165) is 5.69 Å². The van der Waals surface area contributed by atoms with Crippen LogP contribution in [0, 0.1) is 0 Å². The maximum atomic E-state index is 5.72. The van der Waals surface area contributed by atoms with Crippen LogP contribution < -0.4 is 5.73 Å². The highest BCUT2D eigenvalue weighted by Gasteiger charge is 2.18. The molecule has 0 amide bonds. The average Bonchev–Trinajstić information content (AvgIpc) is 2.35. The van der Waals surface area contributed by atoms with Crippen molar-refractivity contribution in [2.75, 3.05) is 24.8 Å². The smallest absolute Gasteiger partial charge is 0.0320 e. The van der Waals surface area contributed by atoms with E-state index in [1.165, 1.54) is 17.7 Å². The average molecular weight is 252 g/mol. The van der Waals surface area contributed by atoms with Gasteiger partial charge in [0.15, 0.2) is 0 Å². The Labute approximate surface area is 110 Å². The Morgan fingerprint density at radius 3 is 2.35 bits per heavy atom. The van der Waals surface area contributed by atoms with Crippen LogP contribution in [0.15, 0.2) is 24.3 Å². The molecule has 2 N–H and O–H groups in total. The van der Waals surface area contributed by atoms with Gasteiger partial charge in [0.25, 0.3) is 0 Å². The minimum atomic E-state index is 0.438. The number of benzene rings is 1. The number of rotatable bonds is 6. The van der Waals surface area contributed by atoms with Crippen LogP contribution in [-0.4, -0.2) is 30.0 Å². The third-order valence-electron chi connectivity index (χ3n) is 3.44. The first-order valence-corrected chi connectivity index (χ1v) is 7.55. The van der Waals surface area contributed by atoms with Crippen LogP contribution in [0.2, 0.25) is 0 Å². The largest absolute Gasteiger partial charge is 0.399 e. The summed E-state index contributed by atoms with van der Waals surface area (Å²) in [7, 11) is 2.21. The molecule has 2 atom stereocenters. The number of nitrogens with zero attached hydrogens (tertiary/aromatic N) is 1. The van der Waals surface area contributed by atoms with Crippen molar-refractivity contribution in [2.45, 2.75) is 32.4 Å². The molecule has 0 aliphatic heterocycles. The molecule has 0 heterocycles. The number of hydrogen-bond acceptors (Lipinski definition) is 3. The second-order valence-corrected chi connectivity index (χ2v) is 5.44. The van der Waals surface area contributed by atoms with Crippen LogP contribution in [0.4, 0.5) is 5.69 Å². The molecule has 1 aromatic rings. The SMILES string of the molecule is CCC(CSC)N(C)C(C)c1ccc(N)cc1. The second-order valence-electron chi connectivity index (χ2n) is 4.53. The van der Waals surface area contributed by atoms with E-state index in [2.05, 4.69) is 44.2 Å². The minimum absolute atomic E-state index is 0.438. The summed E-state index contributed by atoms with van der Waals surface area (Å²) in [6.07, 6.45) is 3.36. The van der Waals surface area contributed by atoms with E-state index in [4.69, 9.17) is 5.73 Å². The Kier molecular flexibility index (Phi) is 5.86. The first kappa shape index (κ1) is 14.4. The Morgan fingerprint density at radius 1 is 1.29 bits per heavy atom. The van der Waals surface area contributed by atoms with Gasteiger partial charge in [-0.15, -0.1) is 0 Å². The van der Waals surface area contributed by atoms with Crippen LogP contribution in [0.5, 0.6) is 0 Å². The third-order valence-corrected chi connectivity index (χ3v) is 4.15. The number of anilines is 1. The van der Waals surface area contributed by atoms with Crippen molar-refractivity contribution in [3.05, 3.63) is 29.8 Å². The van der Waals surface area contributed by atoms with E-state index in [9.17, 15) is 0 Å². The lowest BCUT2D eigenvalue weighted by Gasteiger charge is -2.32. The highest BCUT2D eigenvalue weighted by atomic mass is 32.2. The molecule has 2 nitrogen and oxygen atoms in total. The van der Waals surface area contributed by atoms with E-state index in [1.54, 1.807) is 0 Å². The van der Waals surface area contributed by atoms with Gasteiger partial charge in [0, 0.05) is 23.5 Å². The van der Waals surface area contributed by atoms with Gasteiger partial charge in [-0.05, 0) is 44.3 Å². The predicted octanol–water partition coefficient (Wildman–Crippen LogP) is 3.40. The lowest BCUT2D eigenvalue weighted by molar-refractivity contribution is 0.196. The zero-order valence-electron chi connectivity index (χ0n) is 11.3. The molecule has 3 heteroatoms.